The Morgan fingerprint density at radius 1 is 1.17 bits per heavy atom. The molecule has 0 saturated heterocycles. The Morgan fingerprint density at radius 3 is 2.50 bits per heavy atom. The molecule has 0 bridgehead atoms. The monoisotopic (exact) mass is 331 g/mol. The predicted octanol–water partition coefficient (Wildman–Crippen LogP) is 3.23. The number of rotatable bonds is 7. The fourth-order valence-corrected chi connectivity index (χ4v) is 2.86. The van der Waals surface area contributed by atoms with Gasteiger partial charge >= 0.3 is 5.97 Å². The number of fused-ring (bicyclic) bond motifs is 1. The van der Waals surface area contributed by atoms with E-state index in [0.29, 0.717) is 17.9 Å². The lowest BCUT2D eigenvalue weighted by Gasteiger charge is -2.12. The first-order valence-electron chi connectivity index (χ1n) is 7.96. The molecule has 0 fully saturated rings. The van der Waals surface area contributed by atoms with Gasteiger partial charge in [-0.25, -0.2) is 4.79 Å². The van der Waals surface area contributed by atoms with Crippen LogP contribution in [0.1, 0.15) is 22.3 Å². The van der Waals surface area contributed by atoms with Crippen LogP contribution in [-0.2, 0) is 4.74 Å². The molecule has 0 aliphatic heterocycles. The molecule has 0 amide bonds. The molecule has 2 aliphatic rings. The molecule has 5 nitrogen and oxygen atoms in total. The van der Waals surface area contributed by atoms with E-state index in [4.69, 9.17) is 14.2 Å². The molecule has 2 aliphatic carbocycles. The van der Waals surface area contributed by atoms with Gasteiger partial charge in [0, 0.05) is 23.2 Å². The fraction of sp³-hybridized carbons (Fsp3) is 0.421. The van der Waals surface area contributed by atoms with Crippen LogP contribution < -0.4 is 9.47 Å². The van der Waals surface area contributed by atoms with E-state index in [2.05, 4.69) is 4.90 Å². The summed E-state index contributed by atoms with van der Waals surface area (Å²) < 4.78 is 16.4. The van der Waals surface area contributed by atoms with Crippen LogP contribution in [-0.4, -0.2) is 52.3 Å². The average Bonchev–Trinajstić information content (AvgIpc) is 2.71. The normalized spacial score (nSPS) is 10.9. The molecule has 130 valence electrons. The minimum absolute atomic E-state index is 0.408. The van der Waals surface area contributed by atoms with E-state index in [1.165, 1.54) is 7.11 Å². The number of hydrogen-bond donors (Lipinski definition) is 0. The largest absolute Gasteiger partial charge is 0.496 e. The summed E-state index contributed by atoms with van der Waals surface area (Å²) in [5.41, 5.74) is 3.00. The van der Waals surface area contributed by atoms with Gasteiger partial charge in [-0.15, -0.1) is 0 Å². The number of esters is 1. The van der Waals surface area contributed by atoms with Crippen molar-refractivity contribution >= 4 is 5.97 Å². The van der Waals surface area contributed by atoms with Crippen LogP contribution in [0, 0.1) is 6.92 Å². The molecule has 0 unspecified atom stereocenters. The highest BCUT2D eigenvalue weighted by atomic mass is 16.5. The third-order valence-electron chi connectivity index (χ3n) is 3.95. The van der Waals surface area contributed by atoms with E-state index in [1.807, 2.05) is 45.3 Å². The van der Waals surface area contributed by atoms with Crippen molar-refractivity contribution in [3.63, 3.8) is 0 Å². The van der Waals surface area contributed by atoms with Crippen molar-refractivity contribution in [3.05, 3.63) is 35.4 Å². The molecule has 0 radical (unpaired) electrons. The zero-order chi connectivity index (χ0) is 17.7. The first-order valence-corrected chi connectivity index (χ1v) is 7.96. The molecule has 0 N–H and O–H groups in total. The van der Waals surface area contributed by atoms with Gasteiger partial charge in [0.25, 0.3) is 0 Å². The van der Waals surface area contributed by atoms with Crippen molar-refractivity contribution in [2.24, 2.45) is 0 Å². The second-order valence-corrected chi connectivity index (χ2v) is 5.90. The number of carbonyl (C=O) groups excluding carboxylic acids is 1. The highest BCUT2D eigenvalue weighted by molar-refractivity contribution is 6.05. The summed E-state index contributed by atoms with van der Waals surface area (Å²) in [7, 11) is 7.01. The number of nitrogens with zero attached hydrogens (tertiary/aromatic N) is 1. The molecule has 0 spiro atoms. The summed E-state index contributed by atoms with van der Waals surface area (Å²) in [6, 6.07) is 7.61. The highest BCUT2D eigenvalue weighted by Crippen LogP contribution is 2.46. The van der Waals surface area contributed by atoms with Crippen molar-refractivity contribution in [2.45, 2.75) is 13.3 Å². The van der Waals surface area contributed by atoms with Gasteiger partial charge in [-0.05, 0) is 33.5 Å². The molecular weight excluding hydrogens is 306 g/mol. The summed E-state index contributed by atoms with van der Waals surface area (Å²) in [6.45, 7) is 3.50. The Morgan fingerprint density at radius 2 is 1.88 bits per heavy atom. The Kier molecular flexibility index (Phi) is 6.04. The first kappa shape index (κ1) is 18.1. The lowest BCUT2D eigenvalue weighted by molar-refractivity contribution is 0.0598. The van der Waals surface area contributed by atoms with Crippen LogP contribution in [0.2, 0.25) is 0 Å². The number of carbonyl (C=O) groups is 1. The smallest absolute Gasteiger partial charge is 0.342 e. The third kappa shape index (κ3) is 3.62. The van der Waals surface area contributed by atoms with Crippen LogP contribution in [0.25, 0.3) is 11.1 Å². The molecule has 24 heavy (non-hydrogen) atoms. The summed E-state index contributed by atoms with van der Waals surface area (Å²) in [5, 5.41) is 0. The van der Waals surface area contributed by atoms with Crippen LogP contribution >= 0.6 is 0 Å². The van der Waals surface area contributed by atoms with Crippen LogP contribution in [0.15, 0.2) is 24.3 Å². The molecule has 0 saturated carbocycles. The maximum Gasteiger partial charge on any atom is 0.342 e. The third-order valence-corrected chi connectivity index (χ3v) is 3.95. The average molecular weight is 331 g/mol. The first-order chi connectivity index (χ1) is 11.5. The minimum atomic E-state index is -0.408. The lowest BCUT2D eigenvalue weighted by atomic mass is 10.1. The van der Waals surface area contributed by atoms with E-state index >= 15 is 0 Å². The molecule has 0 heterocycles. The number of ether oxygens (including phenoxy) is 3. The van der Waals surface area contributed by atoms with E-state index in [1.54, 1.807) is 7.11 Å². The van der Waals surface area contributed by atoms with Crippen LogP contribution in [0.3, 0.4) is 0 Å². The van der Waals surface area contributed by atoms with E-state index in [-0.39, 0.29) is 0 Å². The molecule has 0 aromatic heterocycles. The summed E-state index contributed by atoms with van der Waals surface area (Å²) in [6.07, 6.45) is 0.924. The summed E-state index contributed by atoms with van der Waals surface area (Å²) in [5.74, 6) is 0.885. The predicted molar refractivity (Wildman–Crippen MR) is 94.4 cm³/mol. The summed E-state index contributed by atoms with van der Waals surface area (Å²) >= 11 is 0. The molecule has 0 aromatic carbocycles. The highest BCUT2D eigenvalue weighted by Gasteiger charge is 2.29. The van der Waals surface area contributed by atoms with Gasteiger partial charge in [-0.1, -0.05) is 18.2 Å². The number of hydrogen-bond acceptors (Lipinski definition) is 5. The van der Waals surface area contributed by atoms with Crippen molar-refractivity contribution in [2.75, 3.05) is 41.5 Å². The second-order valence-electron chi connectivity index (χ2n) is 5.90. The van der Waals surface area contributed by atoms with Gasteiger partial charge in [0.1, 0.15) is 17.1 Å². The SMILES string of the molecule is COC(=O)c1c2ccccc(OCCCN(C)C)c-2c(C)c1OC. The Hall–Kier alpha value is -2.27. The fourth-order valence-electron chi connectivity index (χ4n) is 2.86. The lowest BCUT2D eigenvalue weighted by Crippen LogP contribution is -2.15. The van der Waals surface area contributed by atoms with Gasteiger partial charge < -0.3 is 19.1 Å². The van der Waals surface area contributed by atoms with Crippen molar-refractivity contribution < 1.29 is 19.0 Å². The maximum atomic E-state index is 12.2. The van der Waals surface area contributed by atoms with Crippen LogP contribution in [0.5, 0.6) is 11.5 Å². The molecule has 0 atom stereocenters. The van der Waals surface area contributed by atoms with Crippen LogP contribution in [0.4, 0.5) is 0 Å². The summed E-state index contributed by atoms with van der Waals surface area (Å²) in [4.78, 5) is 14.3. The Bertz CT molecular complexity index is 682. The molecule has 2 rings (SSSR count). The molecular formula is C19H25NO4. The van der Waals surface area contributed by atoms with Gasteiger partial charge in [-0.2, -0.15) is 0 Å². The van der Waals surface area contributed by atoms with Gasteiger partial charge in [0.15, 0.2) is 0 Å². The van der Waals surface area contributed by atoms with Gasteiger partial charge in [0.05, 0.1) is 20.8 Å². The van der Waals surface area contributed by atoms with Crippen molar-refractivity contribution in [1.29, 1.82) is 0 Å². The maximum absolute atomic E-state index is 12.2. The Labute approximate surface area is 143 Å². The Balaban J connectivity index is 2.43. The van der Waals surface area contributed by atoms with Crippen molar-refractivity contribution in [1.82, 2.24) is 4.90 Å². The number of methoxy groups -OCH3 is 2. The molecule has 0 aromatic rings. The topological polar surface area (TPSA) is 48.0 Å². The zero-order valence-corrected chi connectivity index (χ0v) is 15.0. The minimum Gasteiger partial charge on any atom is -0.496 e. The molecule has 5 heteroatoms. The van der Waals surface area contributed by atoms with E-state index < -0.39 is 5.97 Å². The second kappa shape index (κ2) is 8.02. The standard InChI is InChI=1S/C19H25NO4/c1-13-16-14(17(18(13)22-4)19(21)23-5)9-6-7-10-15(16)24-12-8-11-20(2)3/h6-7,9-10H,8,11-12H2,1-5H3. The zero-order valence-electron chi connectivity index (χ0n) is 15.0. The van der Waals surface area contributed by atoms with Crippen molar-refractivity contribution in [3.8, 4) is 22.6 Å². The quantitative estimate of drug-likeness (QED) is 0.576. The van der Waals surface area contributed by atoms with E-state index in [9.17, 15) is 4.79 Å². The van der Waals surface area contributed by atoms with Gasteiger partial charge in [-0.3, -0.25) is 0 Å². The van der Waals surface area contributed by atoms with E-state index in [0.717, 1.165) is 35.4 Å². The van der Waals surface area contributed by atoms with Gasteiger partial charge in [0.2, 0.25) is 0 Å².